The van der Waals surface area contributed by atoms with Crippen LogP contribution in [-0.2, 0) is 55.5 Å². The Labute approximate surface area is 360 Å². The summed E-state index contributed by atoms with van der Waals surface area (Å²) in [5, 5.41) is 44.4. The molecule has 2 aromatic rings. The van der Waals surface area contributed by atoms with Gasteiger partial charge in [0.05, 0.1) is 31.6 Å². The number of nitrogen functional groups attached to an aromatic ring is 1. The second-order valence-electron chi connectivity index (χ2n) is 13.5. The van der Waals surface area contributed by atoms with Crippen molar-refractivity contribution in [2.45, 2.75) is 76.3 Å². The quantitative estimate of drug-likeness (QED) is 0.0323. The topological polar surface area (TPSA) is 421 Å². The molecular formula is C27H44N7NaO20P3S. The van der Waals surface area contributed by atoms with Crippen LogP contribution in [0.15, 0.2) is 12.7 Å². The summed E-state index contributed by atoms with van der Waals surface area (Å²) >= 11 is 0.771. The third-order valence-electron chi connectivity index (χ3n) is 7.82. The minimum atomic E-state index is -5.60. The first-order chi connectivity index (χ1) is 26.6. The van der Waals surface area contributed by atoms with Gasteiger partial charge in [0.1, 0.15) is 36.3 Å². The fraction of sp³-hybridized carbons (Fsp3) is 0.667. The predicted molar refractivity (Wildman–Crippen MR) is 200 cm³/mol. The van der Waals surface area contributed by atoms with E-state index >= 15 is 0 Å². The summed E-state index contributed by atoms with van der Waals surface area (Å²) in [6, 6.07) is 0. The van der Waals surface area contributed by atoms with Crippen LogP contribution in [0.5, 0.6) is 0 Å². The van der Waals surface area contributed by atoms with Crippen molar-refractivity contribution in [3.63, 3.8) is 0 Å². The van der Waals surface area contributed by atoms with E-state index in [2.05, 4.69) is 34.4 Å². The number of nitrogens with two attached hydrogens (primary N) is 1. The molecule has 0 spiro atoms. The Morgan fingerprint density at radius 2 is 1.66 bits per heavy atom. The molecule has 1 radical (unpaired) electrons. The molecule has 1 saturated heterocycles. The minimum Gasteiger partial charge on any atom is -0.481 e. The van der Waals surface area contributed by atoms with Gasteiger partial charge in [-0.2, -0.15) is 4.31 Å². The molecule has 12 N–H and O–H groups in total. The number of imidazole rings is 1. The standard InChI is InChI=1S/C27H44N7O20P3S.Na/c1-26(2,21(40)24(41)30-5-4-15(35)29-6-7-58-17(38)9-27(3,42)8-16(36)37)11-51-57(48,49)54-56(46,47)50-10-14-20(53-55(43,44)45)19(39)25(52-14)34-13-33-18-22(28)31-12-32-23(18)34;/h12-14,19-21,25,39-40,42H,4-11H2,1-3H3,(H,29,35)(H,30,41)(H,36,37)(H,46,47)(H,48,49)(H2,28,31,32)(H2,43,44,45);. The molecule has 0 bridgehead atoms. The van der Waals surface area contributed by atoms with Crippen LogP contribution in [0.1, 0.15) is 46.3 Å². The number of thioether (sulfide) groups is 1. The molecule has 1 aliphatic rings. The van der Waals surface area contributed by atoms with E-state index in [1.807, 2.05) is 0 Å². The zero-order valence-electron chi connectivity index (χ0n) is 31.8. The smallest absolute Gasteiger partial charge is 0.481 e. The Bertz CT molecular complexity index is 1960. The van der Waals surface area contributed by atoms with Gasteiger partial charge < -0.3 is 61.1 Å². The van der Waals surface area contributed by atoms with Crippen LogP contribution < -0.4 is 16.4 Å². The van der Waals surface area contributed by atoms with E-state index in [4.69, 9.17) is 24.6 Å². The van der Waals surface area contributed by atoms with Crippen molar-refractivity contribution in [1.29, 1.82) is 0 Å². The van der Waals surface area contributed by atoms with Crippen LogP contribution in [0, 0.1) is 5.41 Å². The number of aliphatic carboxylic acids is 1. The van der Waals surface area contributed by atoms with E-state index in [-0.39, 0.29) is 71.8 Å². The molecule has 1 fully saturated rings. The van der Waals surface area contributed by atoms with Gasteiger partial charge in [0.25, 0.3) is 0 Å². The molecule has 59 heavy (non-hydrogen) atoms. The van der Waals surface area contributed by atoms with Crippen molar-refractivity contribution < 1.29 is 95.5 Å². The number of amides is 2. The molecule has 2 amide bonds. The van der Waals surface area contributed by atoms with Gasteiger partial charge in [-0.25, -0.2) is 28.6 Å². The second kappa shape index (κ2) is 21.9. The first-order valence-corrected chi connectivity index (χ1v) is 22.1. The van der Waals surface area contributed by atoms with Crippen molar-refractivity contribution in [2.24, 2.45) is 5.41 Å². The summed E-state index contributed by atoms with van der Waals surface area (Å²) in [7, 11) is -16.5. The van der Waals surface area contributed by atoms with Crippen molar-refractivity contribution in [2.75, 3.05) is 37.8 Å². The number of phosphoric ester groups is 3. The molecule has 0 saturated carbocycles. The number of aliphatic hydroxyl groups is 3. The Morgan fingerprint density at radius 1 is 1.02 bits per heavy atom. The van der Waals surface area contributed by atoms with Gasteiger partial charge in [0.15, 0.2) is 22.8 Å². The molecule has 2 aromatic heterocycles. The van der Waals surface area contributed by atoms with Gasteiger partial charge in [-0.1, -0.05) is 25.6 Å². The Balaban J connectivity index is 0.0000120. The summed E-state index contributed by atoms with van der Waals surface area (Å²) in [5.41, 5.74) is 2.44. The first kappa shape index (κ1) is 53.1. The van der Waals surface area contributed by atoms with E-state index in [1.165, 1.54) is 20.8 Å². The van der Waals surface area contributed by atoms with Crippen LogP contribution in [0.25, 0.3) is 11.2 Å². The van der Waals surface area contributed by atoms with E-state index in [1.54, 1.807) is 0 Å². The Kier molecular flexibility index (Phi) is 19.7. The zero-order valence-corrected chi connectivity index (χ0v) is 37.3. The molecule has 8 unspecified atom stereocenters. The number of aliphatic hydroxyl groups excluding tert-OH is 2. The monoisotopic (exact) mass is 934 g/mol. The number of anilines is 1. The van der Waals surface area contributed by atoms with Crippen LogP contribution in [0.4, 0.5) is 5.82 Å². The van der Waals surface area contributed by atoms with Gasteiger partial charge in [0.2, 0.25) is 11.8 Å². The molecule has 0 aromatic carbocycles. The fourth-order valence-electron chi connectivity index (χ4n) is 5.05. The first-order valence-electron chi connectivity index (χ1n) is 16.6. The Hall–Kier alpha value is -2.01. The molecule has 32 heteroatoms. The maximum Gasteiger partial charge on any atom is 0.481 e. The number of hydrogen-bond acceptors (Lipinski definition) is 20. The summed E-state index contributed by atoms with van der Waals surface area (Å²) in [6.45, 7) is 1.29. The number of fused-ring (bicyclic) bond motifs is 1. The number of nitrogens with zero attached hydrogens (tertiary/aromatic N) is 4. The van der Waals surface area contributed by atoms with Crippen LogP contribution in [-0.4, -0.2) is 174 Å². The number of carbonyl (C=O) groups excluding carboxylic acids is 3. The largest absolute Gasteiger partial charge is 0.481 e. The number of carboxylic acids is 1. The van der Waals surface area contributed by atoms with Gasteiger partial charge in [0, 0.05) is 66.7 Å². The number of phosphoric acid groups is 3. The fourth-order valence-corrected chi connectivity index (χ4v) is 8.72. The van der Waals surface area contributed by atoms with Crippen molar-refractivity contribution >= 4 is 105 Å². The molecular weight excluding hydrogens is 890 g/mol. The number of rotatable bonds is 23. The van der Waals surface area contributed by atoms with Crippen molar-refractivity contribution in [1.82, 2.24) is 30.2 Å². The summed E-state index contributed by atoms with van der Waals surface area (Å²) < 4.78 is 62.0. The van der Waals surface area contributed by atoms with Crippen LogP contribution in [0.3, 0.4) is 0 Å². The second-order valence-corrected chi connectivity index (χ2v) is 18.9. The SMILES string of the molecule is CC(O)(CC(=O)O)CC(=O)SCCNC(=O)CCNC(=O)C(O)C(C)(C)COP(=O)(O)OP(=O)(O)OCC1OC(n2cnc3c(N)ncnc32)C(O)C1OP(=O)(O)O.[Na]. The molecule has 1 aliphatic heterocycles. The molecule has 27 nitrogen and oxygen atoms in total. The van der Waals surface area contributed by atoms with E-state index in [9.17, 15) is 67.8 Å². The summed E-state index contributed by atoms with van der Waals surface area (Å²) in [4.78, 5) is 98.2. The van der Waals surface area contributed by atoms with Gasteiger partial charge in [-0.15, -0.1) is 0 Å². The number of carboxylic acid groups (broad SMARTS) is 1. The maximum absolute atomic E-state index is 12.7. The number of ether oxygens (including phenoxy) is 1. The van der Waals surface area contributed by atoms with Gasteiger partial charge in [-0.05, 0) is 6.92 Å². The normalized spacial score (nSPS) is 22.0. The Morgan fingerprint density at radius 3 is 2.29 bits per heavy atom. The van der Waals surface area contributed by atoms with E-state index in [0.29, 0.717) is 0 Å². The van der Waals surface area contributed by atoms with Gasteiger partial charge >= 0.3 is 29.4 Å². The van der Waals surface area contributed by atoms with Gasteiger partial charge in [-0.3, -0.25) is 37.3 Å². The average Bonchev–Trinajstić information content (AvgIpc) is 3.63. The van der Waals surface area contributed by atoms with Crippen molar-refractivity contribution in [3.8, 4) is 0 Å². The molecule has 3 rings (SSSR count). The van der Waals surface area contributed by atoms with Crippen molar-refractivity contribution in [3.05, 3.63) is 12.7 Å². The maximum atomic E-state index is 12.7. The molecule has 329 valence electrons. The predicted octanol–water partition coefficient (Wildman–Crippen LogP) is -2.10. The number of hydrogen-bond donors (Lipinski definition) is 11. The molecule has 0 aliphatic carbocycles. The number of carbonyl (C=O) groups is 4. The number of nitrogens with one attached hydrogen (secondary N) is 2. The summed E-state index contributed by atoms with van der Waals surface area (Å²) in [6.07, 6.45) is -8.22. The summed E-state index contributed by atoms with van der Waals surface area (Å²) in [5.74, 6) is -2.81. The van der Waals surface area contributed by atoms with Crippen LogP contribution >= 0.6 is 35.2 Å². The third-order valence-corrected chi connectivity index (χ3v) is 11.8. The van der Waals surface area contributed by atoms with Crippen LogP contribution in [0.2, 0.25) is 0 Å². The minimum absolute atomic E-state index is 0. The average molecular weight is 935 g/mol. The van der Waals surface area contributed by atoms with E-state index in [0.717, 1.165) is 29.0 Å². The van der Waals surface area contributed by atoms with E-state index < -0.39 is 114 Å². The molecule has 3 heterocycles. The number of aromatic nitrogens is 4. The third kappa shape index (κ3) is 17.0. The zero-order chi connectivity index (χ0) is 43.9. The molecule has 8 atom stereocenters.